The lowest BCUT2D eigenvalue weighted by Crippen LogP contribution is -2.70. The van der Waals surface area contributed by atoms with Crippen LogP contribution in [0, 0.1) is 0 Å². The van der Waals surface area contributed by atoms with Gasteiger partial charge in [-0.1, -0.05) is 0 Å². The Morgan fingerprint density at radius 1 is 0.720 bits per heavy atom. The highest BCUT2D eigenvalue weighted by Gasteiger charge is 2.90. The molecule has 0 spiro atoms. The Balaban J connectivity index is 6.07. The molecule has 0 bridgehead atoms. The first kappa shape index (κ1) is 24.7. The third-order valence-corrected chi connectivity index (χ3v) is 3.41. The second kappa shape index (κ2) is 6.37. The average molecular weight is 444 g/mol. The number of hydrogen-bond acceptors (Lipinski definition) is 2. The van der Waals surface area contributed by atoms with Crippen molar-refractivity contribution in [3.8, 4) is 0 Å². The van der Waals surface area contributed by atoms with Gasteiger partial charge in [-0.2, -0.15) is 57.1 Å². The minimum absolute atomic E-state index is 0.446. The van der Waals surface area contributed by atoms with Crippen LogP contribution in [0.5, 0.6) is 0 Å². The van der Waals surface area contributed by atoms with Gasteiger partial charge >= 0.3 is 35.8 Å². The second-order valence-electron chi connectivity index (χ2n) is 4.58. The first-order chi connectivity index (χ1) is 10.5. The van der Waals surface area contributed by atoms with E-state index in [0.29, 0.717) is 6.66 Å². The summed E-state index contributed by atoms with van der Waals surface area (Å²) >= 11 is 3.91. The van der Waals surface area contributed by atoms with Crippen LogP contribution in [-0.4, -0.2) is 54.0 Å². The maximum Gasteiger partial charge on any atom is 0.460 e. The highest BCUT2D eigenvalue weighted by Crippen LogP contribution is 2.60. The van der Waals surface area contributed by atoms with Crippen LogP contribution in [0.15, 0.2) is 0 Å². The molecule has 152 valence electrons. The molecular formula is C8H6F13O2PS. The Morgan fingerprint density at radius 2 is 1.04 bits per heavy atom. The first-order valence-electron chi connectivity index (χ1n) is 5.36. The molecule has 0 fully saturated rings. The maximum absolute atomic E-state index is 13.1. The maximum atomic E-state index is 13.1. The monoisotopic (exact) mass is 444 g/mol. The molecule has 25 heavy (non-hydrogen) atoms. The number of alkyl halides is 13. The van der Waals surface area contributed by atoms with Gasteiger partial charge in [-0.25, -0.2) is 0 Å². The molecule has 0 saturated heterocycles. The highest BCUT2D eigenvalue weighted by molar-refractivity contribution is 8.09. The predicted molar refractivity (Wildman–Crippen MR) is 59.2 cm³/mol. The van der Waals surface area contributed by atoms with Crippen molar-refractivity contribution in [2.45, 2.75) is 35.8 Å². The topological polar surface area (TPSA) is 29.5 Å². The minimum atomic E-state index is -7.96. The molecule has 1 atom stereocenters. The third kappa shape index (κ3) is 4.16. The predicted octanol–water partition coefficient (Wildman–Crippen LogP) is 4.67. The zero-order valence-electron chi connectivity index (χ0n) is 11.3. The van der Waals surface area contributed by atoms with E-state index >= 15 is 0 Å². The summed E-state index contributed by atoms with van der Waals surface area (Å²) in [7, 11) is 0. The van der Waals surface area contributed by atoms with Gasteiger partial charge in [-0.15, -0.1) is 0 Å². The van der Waals surface area contributed by atoms with Crippen molar-refractivity contribution in [2.24, 2.45) is 0 Å². The van der Waals surface area contributed by atoms with Crippen molar-refractivity contribution in [3.63, 3.8) is 0 Å². The van der Waals surface area contributed by atoms with Crippen molar-refractivity contribution < 1.29 is 66.5 Å². The zero-order valence-corrected chi connectivity index (χ0v) is 13.0. The minimum Gasteiger partial charge on any atom is -0.345 e. The van der Waals surface area contributed by atoms with Crippen molar-refractivity contribution in [1.29, 1.82) is 0 Å². The Morgan fingerprint density at radius 3 is 1.32 bits per heavy atom. The van der Waals surface area contributed by atoms with E-state index in [0.717, 1.165) is 0 Å². The Bertz CT molecular complexity index is 537. The Kier molecular flexibility index (Phi) is 6.29. The molecule has 0 rings (SSSR count). The zero-order chi connectivity index (χ0) is 20.9. The summed E-state index contributed by atoms with van der Waals surface area (Å²) in [6, 6.07) is 0. The van der Waals surface area contributed by atoms with Crippen molar-refractivity contribution in [3.05, 3.63) is 0 Å². The van der Waals surface area contributed by atoms with E-state index in [1.807, 2.05) is 0 Å². The fourth-order valence-electron chi connectivity index (χ4n) is 1.09. The third-order valence-electron chi connectivity index (χ3n) is 2.48. The second-order valence-corrected chi connectivity index (χ2v) is 8.47. The van der Waals surface area contributed by atoms with Crippen molar-refractivity contribution >= 4 is 18.3 Å². The van der Waals surface area contributed by atoms with Crippen LogP contribution in [-0.2, 0) is 16.3 Å². The molecule has 0 amide bonds. The summed E-state index contributed by atoms with van der Waals surface area (Å²) in [5.41, 5.74) is 0. The van der Waals surface area contributed by atoms with Crippen LogP contribution >= 0.6 is 6.49 Å². The summed E-state index contributed by atoms with van der Waals surface area (Å²) in [6.07, 6.45) is -7.46. The normalized spacial score (nSPS) is 18.2. The van der Waals surface area contributed by atoms with E-state index < -0.39 is 48.9 Å². The van der Waals surface area contributed by atoms with Crippen molar-refractivity contribution in [2.75, 3.05) is 13.3 Å². The highest BCUT2D eigenvalue weighted by atomic mass is 32.5. The van der Waals surface area contributed by atoms with Gasteiger partial charge in [-0.05, 0) is 11.8 Å². The summed E-state index contributed by atoms with van der Waals surface area (Å²) < 4.78 is 168. The van der Waals surface area contributed by atoms with Gasteiger partial charge in [0.25, 0.3) is 0 Å². The van der Waals surface area contributed by atoms with Crippen LogP contribution in [0.2, 0.25) is 0 Å². The lowest BCUT2D eigenvalue weighted by atomic mass is 9.94. The molecule has 1 N–H and O–H groups in total. The molecule has 0 aliphatic carbocycles. The molecule has 0 aromatic heterocycles. The quantitative estimate of drug-likeness (QED) is 0.457. The number of rotatable bonds is 7. The molecule has 0 saturated carbocycles. The summed E-state index contributed by atoms with van der Waals surface area (Å²) in [6.45, 7) is -6.73. The number of halogens is 13. The fourth-order valence-corrected chi connectivity index (χ4v) is 1.65. The van der Waals surface area contributed by atoms with E-state index in [9.17, 15) is 57.1 Å². The van der Waals surface area contributed by atoms with E-state index in [1.165, 1.54) is 0 Å². The summed E-state index contributed by atoms with van der Waals surface area (Å²) in [4.78, 5) is 8.77. The molecule has 2 nitrogen and oxygen atoms in total. The first-order valence-corrected chi connectivity index (χ1v) is 8.48. The summed E-state index contributed by atoms with van der Waals surface area (Å²) in [5.74, 6) is -37.5. The lowest BCUT2D eigenvalue weighted by molar-refractivity contribution is -0.440. The van der Waals surface area contributed by atoms with Crippen molar-refractivity contribution in [1.82, 2.24) is 0 Å². The molecule has 0 radical (unpaired) electrons. The van der Waals surface area contributed by atoms with E-state index in [2.05, 4.69) is 16.3 Å². The number of hydrogen-bond donors (Lipinski definition) is 1. The largest absolute Gasteiger partial charge is 0.460 e. The standard InChI is InChI=1S/C8H6F13O2PS/c1-24(22,25)23-2-3(9,10)4(11,12)5(13,14)6(15,16)7(17,18)8(19,20)21/h2H2,1H3,(H,22,25). The van der Waals surface area contributed by atoms with Crippen LogP contribution in [0.1, 0.15) is 0 Å². The van der Waals surface area contributed by atoms with Gasteiger partial charge in [0.15, 0.2) is 6.49 Å². The smallest absolute Gasteiger partial charge is 0.345 e. The van der Waals surface area contributed by atoms with Crippen LogP contribution in [0.4, 0.5) is 57.1 Å². The molecule has 0 aromatic rings. The van der Waals surface area contributed by atoms with Gasteiger partial charge in [0.2, 0.25) is 0 Å². The SMILES string of the molecule is CP(O)(=S)OCC(F)(F)C(F)(F)C(F)(F)C(F)(F)C(F)(F)C(F)(F)F. The van der Waals surface area contributed by atoms with E-state index in [1.54, 1.807) is 0 Å². The van der Waals surface area contributed by atoms with E-state index in [-0.39, 0.29) is 0 Å². The summed E-state index contributed by atoms with van der Waals surface area (Å²) in [5, 5.41) is 0. The van der Waals surface area contributed by atoms with Crippen LogP contribution < -0.4 is 0 Å². The fraction of sp³-hybridized carbons (Fsp3) is 1.00. The Labute approximate surface area is 135 Å². The van der Waals surface area contributed by atoms with Gasteiger partial charge < -0.3 is 9.42 Å². The molecular weight excluding hydrogens is 438 g/mol. The van der Waals surface area contributed by atoms with Gasteiger partial charge in [0.05, 0.1) is 0 Å². The van der Waals surface area contributed by atoms with Gasteiger partial charge in [0, 0.05) is 6.66 Å². The average Bonchev–Trinajstić information content (AvgIpc) is 2.33. The molecule has 1 unspecified atom stereocenters. The molecule has 0 aliphatic heterocycles. The lowest BCUT2D eigenvalue weighted by Gasteiger charge is -2.39. The van der Waals surface area contributed by atoms with Gasteiger partial charge in [-0.3, -0.25) is 0 Å². The van der Waals surface area contributed by atoms with Crippen LogP contribution in [0.25, 0.3) is 0 Å². The van der Waals surface area contributed by atoms with E-state index in [4.69, 9.17) is 4.89 Å². The van der Waals surface area contributed by atoms with Crippen LogP contribution in [0.3, 0.4) is 0 Å². The molecule has 0 aliphatic rings. The molecule has 0 heterocycles. The molecule has 0 aromatic carbocycles. The molecule has 17 heteroatoms. The Hall–Kier alpha value is -0.340. The van der Waals surface area contributed by atoms with Gasteiger partial charge in [0.1, 0.15) is 6.61 Å².